The fourth-order valence-electron chi connectivity index (χ4n) is 1.93. The van der Waals surface area contributed by atoms with Crippen molar-refractivity contribution in [3.8, 4) is 11.5 Å². The van der Waals surface area contributed by atoms with Crippen LogP contribution in [0.2, 0.25) is 5.02 Å². The average Bonchev–Trinajstić information content (AvgIpc) is 2.39. The number of hydrogen-bond acceptors (Lipinski definition) is 5. The Morgan fingerprint density at radius 3 is 2.42 bits per heavy atom. The lowest BCUT2D eigenvalue weighted by Gasteiger charge is -2.13. The van der Waals surface area contributed by atoms with Gasteiger partial charge in [-0.3, -0.25) is 0 Å². The van der Waals surface area contributed by atoms with Gasteiger partial charge in [0.1, 0.15) is 17.0 Å². The predicted octanol–water partition coefficient (Wildman–Crippen LogP) is 2.63. The number of nitrogens with two attached hydrogens (primary N) is 1. The Hall–Kier alpha value is -1.72. The molecule has 0 aliphatic heterocycles. The van der Waals surface area contributed by atoms with Gasteiger partial charge in [0.25, 0.3) is 0 Å². The Labute approximate surface area is 116 Å². The number of ether oxygens (including phenoxy) is 3. The maximum Gasteiger partial charge on any atom is 0.148 e. The summed E-state index contributed by atoms with van der Waals surface area (Å²) in [5.74, 6) is 1.06. The lowest BCUT2D eigenvalue weighted by Crippen LogP contribution is -2.00. The zero-order chi connectivity index (χ0) is 14.0. The van der Waals surface area contributed by atoms with Gasteiger partial charge in [-0.2, -0.15) is 0 Å². The van der Waals surface area contributed by atoms with Crippen molar-refractivity contribution in [1.82, 2.24) is 4.98 Å². The second-order valence-electron chi connectivity index (χ2n) is 3.95. The standard InChI is InChI=1S/C13H15ClN2O3/c1-17-6-7-4-8(15)11-12(14)9(18-2)5-10(19-3)13(11)16-7/h4-5H,6H2,1-3H3,(H2,15,16). The molecule has 0 atom stereocenters. The Balaban J connectivity index is 2.80. The third kappa shape index (κ3) is 2.39. The highest BCUT2D eigenvalue weighted by atomic mass is 35.5. The molecule has 0 amide bonds. The molecule has 0 aliphatic rings. The minimum absolute atomic E-state index is 0.368. The van der Waals surface area contributed by atoms with Crippen molar-refractivity contribution in [2.24, 2.45) is 0 Å². The summed E-state index contributed by atoms with van der Waals surface area (Å²) < 4.78 is 15.6. The number of hydrogen-bond donors (Lipinski definition) is 1. The van der Waals surface area contributed by atoms with Gasteiger partial charge in [0.15, 0.2) is 0 Å². The van der Waals surface area contributed by atoms with Crippen LogP contribution in [0.25, 0.3) is 10.9 Å². The molecule has 102 valence electrons. The van der Waals surface area contributed by atoms with Crippen LogP contribution in [0.15, 0.2) is 12.1 Å². The van der Waals surface area contributed by atoms with Gasteiger partial charge in [0, 0.05) is 24.2 Å². The maximum absolute atomic E-state index is 6.27. The Morgan fingerprint density at radius 1 is 1.16 bits per heavy atom. The molecule has 0 bridgehead atoms. The van der Waals surface area contributed by atoms with E-state index in [9.17, 15) is 0 Å². The molecule has 1 aromatic carbocycles. The second-order valence-corrected chi connectivity index (χ2v) is 4.33. The number of benzene rings is 1. The van der Waals surface area contributed by atoms with Crippen LogP contribution in [0.5, 0.6) is 11.5 Å². The zero-order valence-corrected chi connectivity index (χ0v) is 11.7. The summed E-state index contributed by atoms with van der Waals surface area (Å²) in [7, 11) is 4.69. The van der Waals surface area contributed by atoms with E-state index >= 15 is 0 Å². The molecule has 19 heavy (non-hydrogen) atoms. The molecule has 2 aromatic rings. The Bertz CT molecular complexity index is 617. The highest BCUT2D eigenvalue weighted by Crippen LogP contribution is 2.41. The van der Waals surface area contributed by atoms with Gasteiger partial charge in [-0.25, -0.2) is 4.98 Å². The summed E-state index contributed by atoms with van der Waals surface area (Å²) in [5, 5.41) is 1.05. The summed E-state index contributed by atoms with van der Waals surface area (Å²) in [6.45, 7) is 0.368. The number of methoxy groups -OCH3 is 3. The monoisotopic (exact) mass is 282 g/mol. The molecule has 6 heteroatoms. The molecule has 0 aliphatic carbocycles. The zero-order valence-electron chi connectivity index (χ0n) is 11.0. The van der Waals surface area contributed by atoms with Crippen molar-refractivity contribution >= 4 is 28.2 Å². The largest absolute Gasteiger partial charge is 0.495 e. The van der Waals surface area contributed by atoms with E-state index in [0.29, 0.717) is 45.4 Å². The number of anilines is 1. The highest BCUT2D eigenvalue weighted by Gasteiger charge is 2.16. The molecular formula is C13H15ClN2O3. The van der Waals surface area contributed by atoms with Gasteiger partial charge in [0.05, 0.1) is 31.5 Å². The first-order valence-electron chi connectivity index (χ1n) is 5.60. The van der Waals surface area contributed by atoms with Gasteiger partial charge in [-0.1, -0.05) is 11.6 Å². The van der Waals surface area contributed by atoms with Gasteiger partial charge in [-0.15, -0.1) is 0 Å². The van der Waals surface area contributed by atoms with E-state index < -0.39 is 0 Å². The van der Waals surface area contributed by atoms with E-state index in [4.69, 9.17) is 31.5 Å². The smallest absolute Gasteiger partial charge is 0.148 e. The van der Waals surface area contributed by atoms with Crippen molar-refractivity contribution in [3.05, 3.63) is 22.8 Å². The first-order chi connectivity index (χ1) is 9.12. The number of nitrogens with zero attached hydrogens (tertiary/aromatic N) is 1. The van der Waals surface area contributed by atoms with Crippen molar-refractivity contribution in [2.45, 2.75) is 6.61 Å². The Morgan fingerprint density at radius 2 is 1.84 bits per heavy atom. The highest BCUT2D eigenvalue weighted by molar-refractivity contribution is 6.38. The molecule has 1 heterocycles. The van der Waals surface area contributed by atoms with Gasteiger partial charge >= 0.3 is 0 Å². The maximum atomic E-state index is 6.27. The molecular weight excluding hydrogens is 268 g/mol. The normalized spacial score (nSPS) is 10.7. The van der Waals surface area contributed by atoms with E-state index in [1.807, 2.05) is 0 Å². The molecule has 5 nitrogen and oxygen atoms in total. The summed E-state index contributed by atoms with van der Waals surface area (Å²) >= 11 is 6.27. The number of fused-ring (bicyclic) bond motifs is 1. The molecule has 0 unspecified atom stereocenters. The molecule has 0 radical (unpaired) electrons. The van der Waals surface area contributed by atoms with Crippen LogP contribution in [0.1, 0.15) is 5.69 Å². The van der Waals surface area contributed by atoms with Crippen LogP contribution in [0, 0.1) is 0 Å². The molecule has 0 spiro atoms. The van der Waals surface area contributed by atoms with Gasteiger partial charge in [-0.05, 0) is 6.07 Å². The first kappa shape index (κ1) is 13.7. The van der Waals surface area contributed by atoms with Crippen molar-refractivity contribution in [1.29, 1.82) is 0 Å². The molecule has 0 saturated carbocycles. The summed E-state index contributed by atoms with van der Waals surface area (Å²) in [6.07, 6.45) is 0. The fourth-order valence-corrected chi connectivity index (χ4v) is 2.26. The number of nitrogen functional groups attached to an aromatic ring is 1. The van der Waals surface area contributed by atoms with E-state index in [1.54, 1.807) is 26.4 Å². The van der Waals surface area contributed by atoms with Crippen LogP contribution in [-0.4, -0.2) is 26.3 Å². The number of rotatable bonds is 4. The Kier molecular flexibility index (Phi) is 3.97. The lowest BCUT2D eigenvalue weighted by atomic mass is 10.1. The average molecular weight is 283 g/mol. The van der Waals surface area contributed by atoms with E-state index in [0.717, 1.165) is 0 Å². The van der Waals surface area contributed by atoms with Gasteiger partial charge < -0.3 is 19.9 Å². The first-order valence-corrected chi connectivity index (χ1v) is 5.98. The van der Waals surface area contributed by atoms with Crippen molar-refractivity contribution < 1.29 is 14.2 Å². The van der Waals surface area contributed by atoms with Crippen LogP contribution in [-0.2, 0) is 11.3 Å². The second kappa shape index (κ2) is 5.50. The third-order valence-corrected chi connectivity index (χ3v) is 3.14. The van der Waals surface area contributed by atoms with E-state index in [1.165, 1.54) is 7.11 Å². The number of pyridine rings is 1. The minimum atomic E-state index is 0.368. The van der Waals surface area contributed by atoms with Crippen molar-refractivity contribution in [3.63, 3.8) is 0 Å². The topological polar surface area (TPSA) is 66.6 Å². The summed E-state index contributed by atoms with van der Waals surface area (Å²) in [4.78, 5) is 4.46. The van der Waals surface area contributed by atoms with Crippen LogP contribution < -0.4 is 15.2 Å². The molecule has 2 rings (SSSR count). The number of aromatic nitrogens is 1. The quantitative estimate of drug-likeness (QED) is 0.934. The van der Waals surface area contributed by atoms with Crippen molar-refractivity contribution in [2.75, 3.05) is 27.1 Å². The fraction of sp³-hybridized carbons (Fsp3) is 0.308. The van der Waals surface area contributed by atoms with E-state index in [-0.39, 0.29) is 0 Å². The molecule has 0 fully saturated rings. The predicted molar refractivity (Wildman–Crippen MR) is 75.0 cm³/mol. The lowest BCUT2D eigenvalue weighted by molar-refractivity contribution is 0.182. The van der Waals surface area contributed by atoms with Gasteiger partial charge in [0.2, 0.25) is 0 Å². The third-order valence-electron chi connectivity index (χ3n) is 2.77. The summed E-state index contributed by atoms with van der Waals surface area (Å²) in [6, 6.07) is 3.42. The van der Waals surface area contributed by atoms with Crippen LogP contribution in [0.4, 0.5) is 5.69 Å². The summed E-state index contributed by atoms with van der Waals surface area (Å²) in [5.41, 5.74) is 7.87. The minimum Gasteiger partial charge on any atom is -0.495 e. The SMILES string of the molecule is COCc1cc(N)c2c(Cl)c(OC)cc(OC)c2n1. The molecule has 2 N–H and O–H groups in total. The molecule has 0 saturated heterocycles. The van der Waals surface area contributed by atoms with E-state index in [2.05, 4.69) is 4.98 Å². The van der Waals surface area contributed by atoms with Crippen LogP contribution in [0.3, 0.4) is 0 Å². The number of halogens is 1. The van der Waals surface area contributed by atoms with Crippen LogP contribution >= 0.6 is 11.6 Å². The molecule has 1 aromatic heterocycles.